The number of Topliss-reactive ketones (excluding diaryl/α,β-unsaturated/α-hetero) is 1. The van der Waals surface area contributed by atoms with Crippen LogP contribution < -0.4 is 34.7 Å². The number of hydrogen-bond acceptors (Lipinski definition) is 5. The van der Waals surface area contributed by atoms with E-state index in [1.165, 1.54) is 13.0 Å². The van der Waals surface area contributed by atoms with Gasteiger partial charge in [0, 0.05) is 6.42 Å². The number of aliphatic imine (C=N–C) groups is 1. The van der Waals surface area contributed by atoms with Crippen LogP contribution in [0.3, 0.4) is 0 Å². The van der Waals surface area contributed by atoms with E-state index in [-0.39, 0.29) is 52.5 Å². The van der Waals surface area contributed by atoms with Gasteiger partial charge in [-0.3, -0.25) is 14.3 Å². The normalized spacial score (nSPS) is 11.9. The molecule has 0 amide bonds. The Morgan fingerprint density at radius 3 is 2.45 bits per heavy atom. The Bertz CT molecular complexity index is 657. The van der Waals surface area contributed by atoms with Crippen molar-refractivity contribution in [3.05, 3.63) is 22.7 Å². The zero-order valence-electron chi connectivity index (χ0n) is 11.2. The first-order valence-electron chi connectivity index (χ1n) is 5.13. The molecule has 1 N–H and O–H groups in total. The second-order valence-corrected chi connectivity index (χ2v) is 5.73. The van der Waals surface area contributed by atoms with E-state index >= 15 is 0 Å². The molecule has 0 atom stereocenters. The summed E-state index contributed by atoms with van der Waals surface area (Å²) in [4.78, 5) is 13.9. The Labute approximate surface area is 143 Å². The van der Waals surface area contributed by atoms with Gasteiger partial charge in [0.25, 0.3) is 10.1 Å². The van der Waals surface area contributed by atoms with Gasteiger partial charge in [-0.05, 0) is 37.4 Å². The fourth-order valence-corrected chi connectivity index (χ4v) is 2.42. The number of hydrogen-bond donors (Lipinski definition) is 1. The molecule has 0 bridgehead atoms. The number of rotatable bonds is 4. The first-order chi connectivity index (χ1) is 8.61. The molecule has 0 aliphatic rings. The monoisotopic (exact) mass is 327 g/mol. The SMILES string of the molecule is CC(=O)CC([O-])=Nc1cc(S(=O)(=O)O)c(Cl)cc1C.[Na+]. The van der Waals surface area contributed by atoms with Gasteiger partial charge in [0.05, 0.1) is 10.7 Å². The minimum absolute atomic E-state index is 0. The minimum atomic E-state index is -4.50. The topological polar surface area (TPSA) is 107 Å². The summed E-state index contributed by atoms with van der Waals surface area (Å²) in [6.07, 6.45) is -0.372. The molecule has 0 heterocycles. The zero-order valence-corrected chi connectivity index (χ0v) is 14.7. The van der Waals surface area contributed by atoms with Crippen molar-refractivity contribution < 1.29 is 52.4 Å². The fourth-order valence-electron chi connectivity index (χ4n) is 1.35. The van der Waals surface area contributed by atoms with Crippen molar-refractivity contribution >= 4 is 39.1 Å². The third-order valence-electron chi connectivity index (χ3n) is 2.17. The second-order valence-electron chi connectivity index (χ2n) is 3.93. The fraction of sp³-hybridized carbons (Fsp3) is 0.273. The molecule has 0 saturated heterocycles. The van der Waals surface area contributed by atoms with Crippen LogP contribution in [0.25, 0.3) is 0 Å². The third-order valence-corrected chi connectivity index (χ3v) is 3.49. The van der Waals surface area contributed by atoms with Gasteiger partial charge in [-0.25, -0.2) is 0 Å². The van der Waals surface area contributed by atoms with Crippen LogP contribution in [0.2, 0.25) is 5.02 Å². The van der Waals surface area contributed by atoms with Crippen LogP contribution in [0.15, 0.2) is 22.0 Å². The molecule has 0 aliphatic heterocycles. The molecular formula is C11H11ClNNaO5S. The van der Waals surface area contributed by atoms with Gasteiger partial charge in [0.1, 0.15) is 10.7 Å². The molecule has 0 spiro atoms. The smallest absolute Gasteiger partial charge is 0.861 e. The number of carbonyl (C=O) groups excluding carboxylic acids is 1. The maximum absolute atomic E-state index is 11.4. The molecule has 0 saturated carbocycles. The Morgan fingerprint density at radius 2 is 2.00 bits per heavy atom. The Morgan fingerprint density at radius 1 is 1.45 bits per heavy atom. The molecule has 9 heteroatoms. The van der Waals surface area contributed by atoms with Gasteiger partial charge in [-0.15, -0.1) is 0 Å². The van der Waals surface area contributed by atoms with E-state index in [2.05, 4.69) is 4.99 Å². The van der Waals surface area contributed by atoms with Crippen molar-refractivity contribution in [1.29, 1.82) is 0 Å². The molecule has 0 fully saturated rings. The van der Waals surface area contributed by atoms with Gasteiger partial charge in [0.15, 0.2) is 0 Å². The summed E-state index contributed by atoms with van der Waals surface area (Å²) < 4.78 is 31.1. The van der Waals surface area contributed by atoms with Crippen molar-refractivity contribution in [1.82, 2.24) is 0 Å². The van der Waals surface area contributed by atoms with E-state index in [1.54, 1.807) is 6.92 Å². The van der Waals surface area contributed by atoms with Crippen molar-refractivity contribution in [2.45, 2.75) is 25.2 Å². The number of benzene rings is 1. The number of nitrogens with zero attached hydrogens (tertiary/aromatic N) is 1. The molecule has 104 valence electrons. The van der Waals surface area contributed by atoms with Gasteiger partial charge in [-0.2, -0.15) is 8.42 Å². The van der Waals surface area contributed by atoms with Gasteiger partial charge in [-0.1, -0.05) is 11.6 Å². The van der Waals surface area contributed by atoms with E-state index in [4.69, 9.17) is 16.2 Å². The summed E-state index contributed by atoms with van der Waals surface area (Å²) in [6.45, 7) is 2.81. The quantitative estimate of drug-likeness (QED) is 0.306. The van der Waals surface area contributed by atoms with Crippen molar-refractivity contribution in [3.63, 3.8) is 0 Å². The number of aryl methyl sites for hydroxylation is 1. The molecule has 6 nitrogen and oxygen atoms in total. The van der Waals surface area contributed by atoms with Gasteiger partial charge >= 0.3 is 29.6 Å². The van der Waals surface area contributed by atoms with Crippen LogP contribution in [-0.2, 0) is 14.9 Å². The summed E-state index contributed by atoms with van der Waals surface area (Å²) in [5.74, 6) is -1.05. The molecule has 1 rings (SSSR count). The third kappa shape index (κ3) is 5.51. The van der Waals surface area contributed by atoms with Crippen LogP contribution in [0.4, 0.5) is 5.69 Å². The summed E-state index contributed by atoms with van der Waals surface area (Å²) in [7, 11) is -4.50. The molecule has 1 aromatic carbocycles. The molecule has 0 aromatic heterocycles. The van der Waals surface area contributed by atoms with E-state index in [9.17, 15) is 18.3 Å². The van der Waals surface area contributed by atoms with Crippen molar-refractivity contribution in [2.75, 3.05) is 0 Å². The van der Waals surface area contributed by atoms with Crippen LogP contribution >= 0.6 is 11.6 Å². The van der Waals surface area contributed by atoms with Gasteiger partial charge < -0.3 is 5.11 Å². The maximum Gasteiger partial charge on any atom is 1.00 e. The first kappa shape index (κ1) is 19.6. The molecule has 1 aromatic rings. The van der Waals surface area contributed by atoms with Crippen LogP contribution in [-0.4, -0.2) is 24.7 Å². The van der Waals surface area contributed by atoms with Gasteiger partial charge in [0.2, 0.25) is 0 Å². The van der Waals surface area contributed by atoms with E-state index in [0.717, 1.165) is 6.07 Å². The largest absolute Gasteiger partial charge is 1.00 e. The Balaban J connectivity index is 0.00000361. The zero-order chi connectivity index (χ0) is 14.8. The molecule has 0 radical (unpaired) electrons. The summed E-state index contributed by atoms with van der Waals surface area (Å²) in [5, 5.41) is 11.2. The standard InChI is InChI=1S/C11H12ClNO5S.Na/c1-6-3-8(12)10(19(16,17)18)5-9(6)13-11(15)4-7(2)14;/h3,5H,4H2,1-2H3,(H,13,15)(H,16,17,18);/q;+1/p-1. The van der Waals surface area contributed by atoms with Crippen LogP contribution in [0.5, 0.6) is 0 Å². The molecular weight excluding hydrogens is 317 g/mol. The Hall–Kier alpha value is -0.440. The number of ketones is 1. The predicted molar refractivity (Wildman–Crippen MR) is 68.4 cm³/mol. The van der Waals surface area contributed by atoms with Crippen LogP contribution in [0, 0.1) is 6.92 Å². The van der Waals surface area contributed by atoms with E-state index in [1.807, 2.05) is 0 Å². The molecule has 0 unspecified atom stereocenters. The average molecular weight is 328 g/mol. The Kier molecular flexibility index (Phi) is 7.37. The molecule has 0 aliphatic carbocycles. The number of halogens is 1. The average Bonchev–Trinajstić information content (AvgIpc) is 2.18. The van der Waals surface area contributed by atoms with E-state index in [0.29, 0.717) is 5.56 Å². The van der Waals surface area contributed by atoms with Crippen molar-refractivity contribution in [2.24, 2.45) is 4.99 Å². The van der Waals surface area contributed by atoms with E-state index < -0.39 is 20.9 Å². The maximum atomic E-state index is 11.4. The second kappa shape index (κ2) is 7.53. The molecule has 20 heavy (non-hydrogen) atoms. The minimum Gasteiger partial charge on any atom is -0.861 e. The summed E-state index contributed by atoms with van der Waals surface area (Å²) >= 11 is 5.69. The predicted octanol–water partition coefficient (Wildman–Crippen LogP) is -1.73. The number of carbonyl (C=O) groups is 1. The van der Waals surface area contributed by atoms with Crippen LogP contribution in [0.1, 0.15) is 18.9 Å². The first-order valence-corrected chi connectivity index (χ1v) is 6.94. The van der Waals surface area contributed by atoms with Crippen molar-refractivity contribution in [3.8, 4) is 0 Å². The summed E-state index contributed by atoms with van der Waals surface area (Å²) in [5.41, 5.74) is 0.498. The summed E-state index contributed by atoms with van der Waals surface area (Å²) in [6, 6.07) is 2.26.